The molecule has 4 rings (SSSR count). The first-order valence-electron chi connectivity index (χ1n) is 8.26. The predicted octanol–water partition coefficient (Wildman–Crippen LogP) is 1.77. The van der Waals surface area contributed by atoms with Gasteiger partial charge in [0, 0.05) is 4.88 Å². The van der Waals surface area contributed by atoms with Crippen molar-refractivity contribution in [3.8, 4) is 0 Å². The predicted molar refractivity (Wildman–Crippen MR) is 109 cm³/mol. The summed E-state index contributed by atoms with van der Waals surface area (Å²) in [6, 6.07) is 8.36. The van der Waals surface area contributed by atoms with Gasteiger partial charge in [0.15, 0.2) is 0 Å². The molecule has 1 amide bonds. The number of aryl methyl sites for hydroxylation is 2. The van der Waals surface area contributed by atoms with Gasteiger partial charge in [-0.05, 0) is 30.4 Å². The first-order valence-corrected chi connectivity index (χ1v) is 9.08. The van der Waals surface area contributed by atoms with Crippen molar-refractivity contribution < 1.29 is 14.7 Å². The molecule has 148 valence electrons. The number of hydrogen-bond acceptors (Lipinski definition) is 6. The number of amides is 1. The summed E-state index contributed by atoms with van der Waals surface area (Å²) in [6.45, 7) is 0. The van der Waals surface area contributed by atoms with E-state index in [1.807, 2.05) is 18.2 Å². The molecule has 2 heterocycles. The van der Waals surface area contributed by atoms with Crippen LogP contribution in [0.2, 0.25) is 0 Å². The average molecular weight is 423 g/mol. The molecule has 28 heavy (non-hydrogen) atoms. The molecule has 0 fully saturated rings. The maximum absolute atomic E-state index is 11.8. The van der Waals surface area contributed by atoms with E-state index in [0.717, 1.165) is 30.4 Å². The minimum absolute atomic E-state index is 0. The molecule has 6 N–H and O–H groups in total. The van der Waals surface area contributed by atoms with Crippen LogP contribution < -0.4 is 17.0 Å². The zero-order valence-corrected chi connectivity index (χ0v) is 16.3. The minimum Gasteiger partial charge on any atom is -0.475 e. The van der Waals surface area contributed by atoms with Crippen molar-refractivity contribution in [1.29, 1.82) is 0 Å². The Hall–Kier alpha value is -2.75. The highest BCUT2D eigenvalue weighted by Gasteiger charge is 2.22. The van der Waals surface area contributed by atoms with Crippen molar-refractivity contribution in [2.75, 3.05) is 0 Å². The smallest absolute Gasteiger partial charge is 0.372 e. The summed E-state index contributed by atoms with van der Waals surface area (Å²) in [5.74, 6) is -1.99. The molecule has 1 atom stereocenters. The molecule has 0 unspecified atom stereocenters. The third-order valence-corrected chi connectivity index (χ3v) is 5.43. The van der Waals surface area contributed by atoms with Crippen LogP contribution in [0.15, 0.2) is 35.1 Å². The van der Waals surface area contributed by atoms with Gasteiger partial charge in [0.2, 0.25) is 11.7 Å². The number of carbonyl (C=O) groups excluding carboxylic acids is 1. The third kappa shape index (κ3) is 4.38. The highest BCUT2D eigenvalue weighted by molar-refractivity contribution is 7.18. The second-order valence-corrected chi connectivity index (χ2v) is 7.13. The van der Waals surface area contributed by atoms with Crippen LogP contribution in [0.4, 0.5) is 0 Å². The summed E-state index contributed by atoms with van der Waals surface area (Å²) in [5, 5.41) is 9.37. The number of nitrogens with two attached hydrogens (primary N) is 2. The average Bonchev–Trinajstić information content (AvgIpc) is 3.22. The van der Waals surface area contributed by atoms with Gasteiger partial charge in [-0.25, -0.2) is 9.78 Å². The number of benzene rings is 1. The molecule has 10 heteroatoms. The van der Waals surface area contributed by atoms with Gasteiger partial charge in [0.25, 0.3) is 5.56 Å². The molecular weight excluding hydrogens is 404 g/mol. The third-order valence-electron chi connectivity index (χ3n) is 4.24. The summed E-state index contributed by atoms with van der Waals surface area (Å²) in [7, 11) is 0. The van der Waals surface area contributed by atoms with E-state index in [0.29, 0.717) is 10.2 Å². The Morgan fingerprint density at radius 1 is 1.21 bits per heavy atom. The standard InChI is InChI=1S/C10H8N2O3S.C8H10N2O.ClH/c13-8-6-4-2-1-3-5(4)16-9(6)12-7(11-8)10(14)15;9-7(8(10)11)6-4-2-1-3-5-6;/h1-3H2,(H,14,15)(H,11,12,13);1-5,7H,9H2,(H2,10,11);1H/t;7-;/m.0./s1. The molecule has 0 radical (unpaired) electrons. The number of carbonyl (C=O) groups is 2. The van der Waals surface area contributed by atoms with Gasteiger partial charge in [-0.3, -0.25) is 9.59 Å². The van der Waals surface area contributed by atoms with Gasteiger partial charge in [0.1, 0.15) is 10.9 Å². The molecule has 0 saturated heterocycles. The van der Waals surface area contributed by atoms with Crippen LogP contribution in [-0.2, 0) is 17.6 Å². The fourth-order valence-electron chi connectivity index (χ4n) is 2.93. The lowest BCUT2D eigenvalue weighted by Gasteiger charge is -2.05. The van der Waals surface area contributed by atoms with Crippen molar-refractivity contribution in [3.05, 3.63) is 62.5 Å². The van der Waals surface area contributed by atoms with Crippen molar-refractivity contribution in [2.45, 2.75) is 25.3 Å². The summed E-state index contributed by atoms with van der Waals surface area (Å²) < 4.78 is 0. The maximum Gasteiger partial charge on any atom is 0.372 e. The van der Waals surface area contributed by atoms with E-state index < -0.39 is 17.9 Å². The molecule has 0 bridgehead atoms. The molecule has 0 aliphatic heterocycles. The van der Waals surface area contributed by atoms with E-state index >= 15 is 0 Å². The van der Waals surface area contributed by atoms with Crippen LogP contribution in [0.5, 0.6) is 0 Å². The lowest BCUT2D eigenvalue weighted by molar-refractivity contribution is -0.119. The van der Waals surface area contributed by atoms with E-state index in [2.05, 4.69) is 9.97 Å². The highest BCUT2D eigenvalue weighted by Crippen LogP contribution is 2.34. The zero-order chi connectivity index (χ0) is 19.6. The number of fused-ring (bicyclic) bond motifs is 3. The minimum atomic E-state index is -1.20. The topological polar surface area (TPSA) is 152 Å². The number of hydrogen-bond donors (Lipinski definition) is 4. The lowest BCUT2D eigenvalue weighted by Crippen LogP contribution is -2.27. The number of primary amides is 1. The Labute approximate surface area is 170 Å². The number of aromatic carboxylic acids is 1. The summed E-state index contributed by atoms with van der Waals surface area (Å²) in [4.78, 5) is 41.1. The quantitative estimate of drug-likeness (QED) is 0.504. The number of rotatable bonds is 3. The maximum atomic E-state index is 11.8. The number of nitrogens with one attached hydrogen (secondary N) is 1. The Morgan fingerprint density at radius 2 is 1.89 bits per heavy atom. The lowest BCUT2D eigenvalue weighted by atomic mass is 10.1. The molecule has 8 nitrogen and oxygen atoms in total. The van der Waals surface area contributed by atoms with Gasteiger partial charge >= 0.3 is 5.97 Å². The molecule has 0 spiro atoms. The zero-order valence-electron chi connectivity index (χ0n) is 14.7. The molecule has 2 aromatic heterocycles. The van der Waals surface area contributed by atoms with Gasteiger partial charge in [-0.2, -0.15) is 0 Å². The Morgan fingerprint density at radius 3 is 2.50 bits per heavy atom. The van der Waals surface area contributed by atoms with Crippen LogP contribution in [0.3, 0.4) is 0 Å². The van der Waals surface area contributed by atoms with Crippen LogP contribution in [-0.4, -0.2) is 27.0 Å². The first kappa shape index (κ1) is 21.5. The van der Waals surface area contributed by atoms with Gasteiger partial charge in [0.05, 0.1) is 5.39 Å². The number of carboxylic acids is 1. The SMILES string of the molecule is Cl.NC(=O)[C@@H](N)c1ccccc1.O=C(O)c1nc2sc3c(c2c(=O)[nH]1)CCC3. The second-order valence-electron chi connectivity index (χ2n) is 6.05. The van der Waals surface area contributed by atoms with E-state index in [9.17, 15) is 14.4 Å². The van der Waals surface area contributed by atoms with E-state index in [-0.39, 0.29) is 23.8 Å². The van der Waals surface area contributed by atoms with E-state index in [1.54, 1.807) is 12.1 Å². The van der Waals surface area contributed by atoms with Crippen molar-refractivity contribution in [1.82, 2.24) is 9.97 Å². The monoisotopic (exact) mass is 422 g/mol. The number of H-pyrrole nitrogens is 1. The normalized spacial score (nSPS) is 13.0. The number of nitrogens with zero attached hydrogens (tertiary/aromatic N) is 1. The fraction of sp³-hybridized carbons (Fsp3) is 0.222. The van der Waals surface area contributed by atoms with Crippen LogP contribution >= 0.6 is 23.7 Å². The van der Waals surface area contributed by atoms with Gasteiger partial charge < -0.3 is 21.6 Å². The van der Waals surface area contributed by atoms with Gasteiger partial charge in [-0.1, -0.05) is 30.3 Å². The summed E-state index contributed by atoms with van der Waals surface area (Å²) in [6.07, 6.45) is 2.93. The number of carboxylic acid groups (broad SMARTS) is 1. The van der Waals surface area contributed by atoms with Crippen LogP contribution in [0.1, 0.15) is 39.1 Å². The van der Waals surface area contributed by atoms with Crippen molar-refractivity contribution >= 4 is 45.8 Å². The summed E-state index contributed by atoms with van der Waals surface area (Å²) >= 11 is 1.44. The highest BCUT2D eigenvalue weighted by atomic mass is 35.5. The van der Waals surface area contributed by atoms with E-state index in [1.165, 1.54) is 16.2 Å². The van der Waals surface area contributed by atoms with E-state index in [4.69, 9.17) is 16.6 Å². The van der Waals surface area contributed by atoms with Crippen LogP contribution in [0, 0.1) is 0 Å². The molecular formula is C18H19ClN4O4S. The molecule has 0 saturated carbocycles. The second kappa shape index (κ2) is 8.96. The number of aromatic nitrogens is 2. The van der Waals surface area contributed by atoms with Crippen LogP contribution in [0.25, 0.3) is 10.2 Å². The summed E-state index contributed by atoms with van der Waals surface area (Å²) in [5.41, 5.74) is 11.9. The Kier molecular flexibility index (Phi) is 6.90. The number of halogens is 1. The molecule has 3 aromatic rings. The first-order chi connectivity index (χ1) is 12.9. The molecule has 1 aliphatic rings. The van der Waals surface area contributed by atoms with Crippen molar-refractivity contribution in [2.24, 2.45) is 11.5 Å². The van der Waals surface area contributed by atoms with Crippen molar-refractivity contribution in [3.63, 3.8) is 0 Å². The Balaban J connectivity index is 0.000000208. The molecule has 1 aromatic carbocycles. The Bertz CT molecular complexity index is 1060. The number of thiophene rings is 1. The van der Waals surface area contributed by atoms with Gasteiger partial charge in [-0.15, -0.1) is 23.7 Å². The number of aromatic amines is 1. The largest absolute Gasteiger partial charge is 0.475 e. The molecule has 1 aliphatic carbocycles. The fourth-order valence-corrected chi connectivity index (χ4v) is 4.19.